The average Bonchev–Trinajstić information content (AvgIpc) is 3.23. The van der Waals surface area contributed by atoms with Gasteiger partial charge in [0.15, 0.2) is 0 Å². The fourth-order valence-electron chi connectivity index (χ4n) is 5.19. The van der Waals surface area contributed by atoms with Gasteiger partial charge >= 0.3 is 0 Å². The molecule has 0 aromatic heterocycles. The van der Waals surface area contributed by atoms with Gasteiger partial charge in [0.2, 0.25) is 15.9 Å². The molecule has 2 aromatic rings. The fourth-order valence-corrected chi connectivity index (χ4v) is 6.76. The van der Waals surface area contributed by atoms with Crippen LogP contribution < -0.4 is 9.64 Å². The zero-order chi connectivity index (χ0) is 24.5. The number of ether oxygens (including phenoxy) is 1. The molecule has 0 bridgehead atoms. The summed E-state index contributed by atoms with van der Waals surface area (Å²) in [7, 11) is 0.148. The van der Waals surface area contributed by atoms with E-state index < -0.39 is 10.0 Å². The van der Waals surface area contributed by atoms with Crippen molar-refractivity contribution in [2.45, 2.75) is 51.0 Å². The number of anilines is 1. The van der Waals surface area contributed by atoms with Crippen LogP contribution in [-0.4, -0.2) is 63.9 Å². The molecule has 0 saturated carbocycles. The van der Waals surface area contributed by atoms with Crippen LogP contribution in [0.4, 0.5) is 5.69 Å². The quantitative estimate of drug-likeness (QED) is 0.600. The van der Waals surface area contributed by atoms with Gasteiger partial charge < -0.3 is 9.64 Å². The second kappa shape index (κ2) is 10.1. The summed E-state index contributed by atoms with van der Waals surface area (Å²) in [6.45, 7) is 6.76. The lowest BCUT2D eigenvalue weighted by Crippen LogP contribution is -2.38. The molecule has 0 atom stereocenters. The number of hydrogen-bond donors (Lipinski definition) is 0. The third kappa shape index (κ3) is 4.99. The Balaban J connectivity index is 1.43. The van der Waals surface area contributed by atoms with E-state index in [2.05, 4.69) is 12.1 Å². The molecule has 0 unspecified atom stereocenters. The van der Waals surface area contributed by atoms with Crippen LogP contribution in [0.1, 0.15) is 41.5 Å². The number of sulfonamides is 1. The standard InChI is InChI=1S/C26H35N3O4S/c1-19-14-21(15-20(2)26(19)33-4)17-27(3)18-25(30)29-13-10-22-16-23(8-9-24(22)29)34(31,32)28-11-6-5-7-12-28/h8-9,14-16H,5-7,10-13,17-18H2,1-4H3. The van der Waals surface area contributed by atoms with Crippen molar-refractivity contribution >= 4 is 21.6 Å². The zero-order valence-electron chi connectivity index (χ0n) is 20.6. The minimum atomic E-state index is -3.47. The summed E-state index contributed by atoms with van der Waals surface area (Å²) in [4.78, 5) is 17.2. The predicted molar refractivity (Wildman–Crippen MR) is 134 cm³/mol. The van der Waals surface area contributed by atoms with Crippen LogP contribution in [0.5, 0.6) is 5.75 Å². The highest BCUT2D eigenvalue weighted by atomic mass is 32.2. The molecule has 0 spiro atoms. The minimum absolute atomic E-state index is 0.0230. The van der Waals surface area contributed by atoms with E-state index in [1.54, 1.807) is 34.5 Å². The number of methoxy groups -OCH3 is 1. The van der Waals surface area contributed by atoms with Crippen LogP contribution in [0.2, 0.25) is 0 Å². The molecule has 2 heterocycles. The first kappa shape index (κ1) is 24.7. The Morgan fingerprint density at radius 2 is 1.71 bits per heavy atom. The molecule has 34 heavy (non-hydrogen) atoms. The molecular weight excluding hydrogens is 450 g/mol. The number of fused-ring (bicyclic) bond motifs is 1. The van der Waals surface area contributed by atoms with E-state index in [-0.39, 0.29) is 12.5 Å². The molecule has 0 N–H and O–H groups in total. The smallest absolute Gasteiger partial charge is 0.243 e. The lowest BCUT2D eigenvalue weighted by molar-refractivity contribution is -0.119. The molecule has 0 aliphatic carbocycles. The Bertz CT molecular complexity index is 1150. The van der Waals surface area contributed by atoms with Gasteiger partial charge in [0.05, 0.1) is 18.6 Å². The number of nitrogens with zero attached hydrogens (tertiary/aromatic N) is 3. The van der Waals surface area contributed by atoms with Gasteiger partial charge in [-0.3, -0.25) is 9.69 Å². The van der Waals surface area contributed by atoms with Crippen molar-refractivity contribution in [3.8, 4) is 5.75 Å². The van der Waals surface area contributed by atoms with Gasteiger partial charge in [0.25, 0.3) is 0 Å². The highest BCUT2D eigenvalue weighted by Crippen LogP contribution is 2.32. The highest BCUT2D eigenvalue weighted by molar-refractivity contribution is 7.89. The lowest BCUT2D eigenvalue weighted by atomic mass is 10.1. The summed E-state index contributed by atoms with van der Waals surface area (Å²) in [6.07, 6.45) is 3.58. The Morgan fingerprint density at radius 1 is 1.03 bits per heavy atom. The van der Waals surface area contributed by atoms with Gasteiger partial charge in [-0.25, -0.2) is 8.42 Å². The van der Waals surface area contributed by atoms with Crippen LogP contribution >= 0.6 is 0 Å². The molecule has 2 aliphatic rings. The van der Waals surface area contributed by atoms with E-state index in [0.717, 1.165) is 53.0 Å². The maximum Gasteiger partial charge on any atom is 0.243 e. The van der Waals surface area contributed by atoms with E-state index in [0.29, 0.717) is 37.5 Å². The molecule has 184 valence electrons. The Hall–Kier alpha value is -2.42. The molecule has 2 aliphatic heterocycles. The van der Waals surface area contributed by atoms with Crippen molar-refractivity contribution < 1.29 is 17.9 Å². The normalized spacial score (nSPS) is 16.7. The molecule has 1 saturated heterocycles. The second-order valence-electron chi connectivity index (χ2n) is 9.49. The van der Waals surface area contributed by atoms with Crippen LogP contribution in [0.15, 0.2) is 35.2 Å². The molecule has 4 rings (SSSR count). The average molecular weight is 486 g/mol. The first-order valence-corrected chi connectivity index (χ1v) is 13.4. The summed E-state index contributed by atoms with van der Waals surface area (Å²) in [5.74, 6) is 0.924. The topological polar surface area (TPSA) is 70.2 Å². The largest absolute Gasteiger partial charge is 0.496 e. The molecule has 2 aromatic carbocycles. The number of aryl methyl sites for hydroxylation is 2. The van der Waals surface area contributed by atoms with E-state index in [1.807, 2.05) is 25.8 Å². The zero-order valence-corrected chi connectivity index (χ0v) is 21.5. The summed E-state index contributed by atoms with van der Waals surface area (Å²) in [5, 5.41) is 0. The Kier molecular flexibility index (Phi) is 7.31. The summed E-state index contributed by atoms with van der Waals surface area (Å²) in [6, 6.07) is 9.41. The highest BCUT2D eigenvalue weighted by Gasteiger charge is 2.30. The number of piperidine rings is 1. The van der Waals surface area contributed by atoms with Crippen molar-refractivity contribution in [3.05, 3.63) is 52.6 Å². The third-order valence-electron chi connectivity index (χ3n) is 6.78. The Morgan fingerprint density at radius 3 is 2.35 bits per heavy atom. The van der Waals surface area contributed by atoms with Crippen molar-refractivity contribution in [2.24, 2.45) is 0 Å². The van der Waals surface area contributed by atoms with Gasteiger partial charge in [-0.1, -0.05) is 18.6 Å². The van der Waals surface area contributed by atoms with Crippen LogP contribution in [0.3, 0.4) is 0 Å². The maximum atomic E-state index is 13.1. The third-order valence-corrected chi connectivity index (χ3v) is 8.68. The van der Waals surface area contributed by atoms with Gasteiger partial charge in [-0.2, -0.15) is 4.31 Å². The number of likely N-dealkylation sites (N-methyl/N-ethyl adjacent to an activating group) is 1. The van der Waals surface area contributed by atoms with Gasteiger partial charge in [0, 0.05) is 31.9 Å². The van der Waals surface area contributed by atoms with E-state index in [4.69, 9.17) is 4.74 Å². The first-order valence-electron chi connectivity index (χ1n) is 12.0. The van der Waals surface area contributed by atoms with Gasteiger partial charge in [0.1, 0.15) is 5.75 Å². The number of hydrogen-bond acceptors (Lipinski definition) is 5. The number of carbonyl (C=O) groups excluding carboxylic acids is 1. The number of carbonyl (C=O) groups is 1. The van der Waals surface area contributed by atoms with E-state index in [1.165, 1.54) is 0 Å². The number of benzene rings is 2. The van der Waals surface area contributed by atoms with Crippen LogP contribution in [0.25, 0.3) is 0 Å². The second-order valence-corrected chi connectivity index (χ2v) is 11.4. The number of amides is 1. The van der Waals surface area contributed by atoms with Crippen molar-refractivity contribution in [3.63, 3.8) is 0 Å². The molecule has 7 nitrogen and oxygen atoms in total. The summed E-state index contributed by atoms with van der Waals surface area (Å²) >= 11 is 0. The van der Waals surface area contributed by atoms with E-state index >= 15 is 0 Å². The minimum Gasteiger partial charge on any atom is -0.496 e. The van der Waals surface area contributed by atoms with E-state index in [9.17, 15) is 13.2 Å². The molecule has 1 amide bonds. The van der Waals surface area contributed by atoms with Gasteiger partial charge in [-0.15, -0.1) is 0 Å². The fraction of sp³-hybridized carbons (Fsp3) is 0.500. The summed E-state index contributed by atoms with van der Waals surface area (Å²) in [5.41, 5.74) is 5.06. The molecule has 8 heteroatoms. The van der Waals surface area contributed by atoms with Crippen molar-refractivity contribution in [2.75, 3.05) is 45.2 Å². The van der Waals surface area contributed by atoms with Crippen molar-refractivity contribution in [1.29, 1.82) is 0 Å². The van der Waals surface area contributed by atoms with Crippen molar-refractivity contribution in [1.82, 2.24) is 9.21 Å². The predicted octanol–water partition coefficient (Wildman–Crippen LogP) is 3.51. The van der Waals surface area contributed by atoms with Gasteiger partial charge in [-0.05, 0) is 80.6 Å². The Labute approximate surface area is 203 Å². The molecule has 1 fully saturated rings. The SMILES string of the molecule is COc1c(C)cc(CN(C)CC(=O)N2CCc3cc(S(=O)(=O)N4CCCCC4)ccc32)cc1C. The monoisotopic (exact) mass is 485 g/mol. The first-order chi connectivity index (χ1) is 16.2. The number of rotatable bonds is 7. The van der Waals surface area contributed by atoms with Crippen LogP contribution in [-0.2, 0) is 27.8 Å². The summed E-state index contributed by atoms with van der Waals surface area (Å²) < 4.78 is 33.1. The maximum absolute atomic E-state index is 13.1. The molecular formula is C26H35N3O4S. The van der Waals surface area contributed by atoms with Crippen LogP contribution in [0, 0.1) is 13.8 Å². The lowest BCUT2D eigenvalue weighted by Gasteiger charge is -2.26. The molecule has 0 radical (unpaired) electrons.